The van der Waals surface area contributed by atoms with Gasteiger partial charge in [0.05, 0.1) is 17.5 Å². The van der Waals surface area contributed by atoms with Crippen molar-refractivity contribution in [2.45, 2.75) is 12.8 Å². The van der Waals surface area contributed by atoms with Crippen LogP contribution in [0.2, 0.25) is 0 Å². The molecule has 0 N–H and O–H groups in total. The van der Waals surface area contributed by atoms with Gasteiger partial charge in [0.15, 0.2) is 0 Å². The number of hydrogen-bond donors (Lipinski definition) is 0. The Bertz CT molecular complexity index is 621. The molecule has 0 bridgehead atoms. The Morgan fingerprint density at radius 1 is 1.15 bits per heavy atom. The fraction of sp³-hybridized carbons (Fsp3) is 0.267. The van der Waals surface area contributed by atoms with Gasteiger partial charge in [-0.05, 0) is 48.7 Å². The van der Waals surface area contributed by atoms with Crippen LogP contribution in [0.15, 0.2) is 36.4 Å². The molecule has 1 saturated heterocycles. The second kappa shape index (κ2) is 4.87. The number of fused-ring (bicyclic) bond motifs is 1. The van der Waals surface area contributed by atoms with Crippen molar-refractivity contribution < 1.29 is 14.4 Å². The predicted octanol–water partition coefficient (Wildman–Crippen LogP) is 2.52. The molecule has 0 aromatic heterocycles. The molecule has 4 nitrogen and oxygen atoms in total. The average Bonchev–Trinajstić information content (AvgIpc) is 2.72. The minimum atomic E-state index is -0.563. The molecule has 5 heteroatoms. The lowest BCUT2D eigenvalue weighted by Crippen LogP contribution is -2.30. The maximum atomic E-state index is 12.3. The number of nitrogens with zero attached hydrogens (tertiary/aromatic N) is 1. The molecular formula is C15H12ClNO3. The van der Waals surface area contributed by atoms with Gasteiger partial charge in [-0.15, -0.1) is 0 Å². The van der Waals surface area contributed by atoms with Crippen LogP contribution in [0.1, 0.15) is 23.2 Å². The first-order chi connectivity index (χ1) is 9.59. The zero-order chi connectivity index (χ0) is 14.3. The van der Waals surface area contributed by atoms with Crippen molar-refractivity contribution in [1.82, 2.24) is 0 Å². The fourth-order valence-corrected chi connectivity index (χ4v) is 2.91. The molecule has 2 unspecified atom stereocenters. The third-order valence-corrected chi connectivity index (χ3v) is 4.04. The van der Waals surface area contributed by atoms with E-state index in [0.717, 1.165) is 6.42 Å². The van der Waals surface area contributed by atoms with Gasteiger partial charge in [-0.1, -0.05) is 12.2 Å². The molecule has 1 heterocycles. The smallest absolute Gasteiger partial charge is 0.252 e. The van der Waals surface area contributed by atoms with E-state index in [0.29, 0.717) is 17.7 Å². The van der Waals surface area contributed by atoms with Crippen LogP contribution in [-0.4, -0.2) is 17.1 Å². The average molecular weight is 290 g/mol. The molecule has 0 saturated carbocycles. The number of carbonyl (C=O) groups excluding carboxylic acids is 3. The number of anilines is 1. The molecule has 1 aromatic rings. The van der Waals surface area contributed by atoms with Crippen LogP contribution in [0, 0.1) is 11.8 Å². The summed E-state index contributed by atoms with van der Waals surface area (Å²) < 4.78 is 0. The molecule has 102 valence electrons. The highest BCUT2D eigenvalue weighted by atomic mass is 35.5. The molecule has 0 radical (unpaired) electrons. The summed E-state index contributed by atoms with van der Waals surface area (Å²) in [5.41, 5.74) is 0.830. The number of rotatable bonds is 2. The quantitative estimate of drug-likeness (QED) is 0.477. The molecule has 20 heavy (non-hydrogen) atoms. The van der Waals surface area contributed by atoms with Gasteiger partial charge in [-0.2, -0.15) is 0 Å². The zero-order valence-corrected chi connectivity index (χ0v) is 11.3. The van der Waals surface area contributed by atoms with E-state index in [-0.39, 0.29) is 23.7 Å². The van der Waals surface area contributed by atoms with Crippen LogP contribution in [0.3, 0.4) is 0 Å². The molecule has 0 spiro atoms. The van der Waals surface area contributed by atoms with Crippen molar-refractivity contribution in [2.24, 2.45) is 11.8 Å². The summed E-state index contributed by atoms with van der Waals surface area (Å²) in [7, 11) is 0. The van der Waals surface area contributed by atoms with Gasteiger partial charge in [-0.25, -0.2) is 4.90 Å². The Morgan fingerprint density at radius 3 is 2.45 bits per heavy atom. The molecule has 1 fully saturated rings. The Balaban J connectivity index is 1.94. The van der Waals surface area contributed by atoms with Crippen molar-refractivity contribution >= 4 is 34.3 Å². The molecule has 1 aliphatic carbocycles. The maximum absolute atomic E-state index is 12.3. The highest BCUT2D eigenvalue weighted by molar-refractivity contribution is 6.67. The SMILES string of the molecule is O=C(Cl)c1ccc(N2C(=O)C3C=CCCC3C2=O)cc1. The summed E-state index contributed by atoms with van der Waals surface area (Å²) in [5, 5.41) is -0.563. The van der Waals surface area contributed by atoms with Crippen LogP contribution in [0.25, 0.3) is 0 Å². The van der Waals surface area contributed by atoms with E-state index in [9.17, 15) is 14.4 Å². The van der Waals surface area contributed by atoms with Crippen LogP contribution < -0.4 is 4.90 Å². The summed E-state index contributed by atoms with van der Waals surface area (Å²) in [5.74, 6) is -0.942. The minimum Gasteiger partial charge on any atom is -0.276 e. The third-order valence-electron chi connectivity index (χ3n) is 3.82. The number of hydrogen-bond acceptors (Lipinski definition) is 3. The standard InChI is InChI=1S/C15H12ClNO3/c16-13(18)9-5-7-10(8-6-9)17-14(19)11-3-1-2-4-12(11)15(17)20/h1,3,5-8,11-12H,2,4H2. The first-order valence-electron chi connectivity index (χ1n) is 6.44. The van der Waals surface area contributed by atoms with E-state index in [4.69, 9.17) is 11.6 Å². The van der Waals surface area contributed by atoms with Crippen LogP contribution in [-0.2, 0) is 9.59 Å². The number of allylic oxidation sites excluding steroid dienone is 1. The molecule has 2 atom stereocenters. The van der Waals surface area contributed by atoms with Crippen molar-refractivity contribution in [3.05, 3.63) is 42.0 Å². The van der Waals surface area contributed by atoms with Gasteiger partial charge < -0.3 is 0 Å². The lowest BCUT2D eigenvalue weighted by Gasteiger charge is -2.15. The van der Waals surface area contributed by atoms with E-state index in [2.05, 4.69) is 0 Å². The Labute approximate surface area is 121 Å². The predicted molar refractivity (Wildman–Crippen MR) is 74.5 cm³/mol. The lowest BCUT2D eigenvalue weighted by atomic mass is 9.86. The molecular weight excluding hydrogens is 278 g/mol. The molecule has 2 amide bonds. The monoisotopic (exact) mass is 289 g/mol. The van der Waals surface area contributed by atoms with Gasteiger partial charge in [0.1, 0.15) is 0 Å². The molecule has 1 aromatic carbocycles. The summed E-state index contributed by atoms with van der Waals surface area (Å²) in [6, 6.07) is 6.19. The van der Waals surface area contributed by atoms with E-state index in [1.807, 2.05) is 12.2 Å². The largest absolute Gasteiger partial charge is 0.276 e. The topological polar surface area (TPSA) is 54.5 Å². The Hall–Kier alpha value is -1.94. The summed E-state index contributed by atoms with van der Waals surface area (Å²) in [6.45, 7) is 0. The fourth-order valence-electron chi connectivity index (χ4n) is 2.78. The van der Waals surface area contributed by atoms with Crippen molar-refractivity contribution in [1.29, 1.82) is 0 Å². The van der Waals surface area contributed by atoms with Crippen molar-refractivity contribution in [3.63, 3.8) is 0 Å². The van der Waals surface area contributed by atoms with E-state index in [1.54, 1.807) is 12.1 Å². The second-order valence-corrected chi connectivity index (χ2v) is 5.31. The highest BCUT2D eigenvalue weighted by Crippen LogP contribution is 2.37. The minimum absolute atomic E-state index is 0.158. The van der Waals surface area contributed by atoms with Gasteiger partial charge in [0, 0.05) is 5.56 Å². The van der Waals surface area contributed by atoms with E-state index >= 15 is 0 Å². The number of carbonyl (C=O) groups is 3. The summed E-state index contributed by atoms with van der Waals surface area (Å²) >= 11 is 5.38. The van der Waals surface area contributed by atoms with Crippen molar-refractivity contribution in [2.75, 3.05) is 4.90 Å². The number of halogens is 1. The molecule has 1 aliphatic heterocycles. The first-order valence-corrected chi connectivity index (χ1v) is 6.82. The van der Waals surface area contributed by atoms with Gasteiger partial charge in [0.25, 0.3) is 5.24 Å². The van der Waals surface area contributed by atoms with Crippen LogP contribution in [0.4, 0.5) is 5.69 Å². The van der Waals surface area contributed by atoms with E-state index in [1.165, 1.54) is 17.0 Å². The third kappa shape index (κ3) is 1.96. The zero-order valence-electron chi connectivity index (χ0n) is 10.6. The number of imide groups is 1. The van der Waals surface area contributed by atoms with Crippen molar-refractivity contribution in [3.8, 4) is 0 Å². The Kier molecular flexibility index (Phi) is 3.18. The normalized spacial score (nSPS) is 24.9. The van der Waals surface area contributed by atoms with Gasteiger partial charge in [-0.3, -0.25) is 14.4 Å². The summed E-state index contributed by atoms with van der Waals surface area (Å²) in [4.78, 5) is 36.9. The molecule has 2 aliphatic rings. The van der Waals surface area contributed by atoms with E-state index < -0.39 is 5.24 Å². The van der Waals surface area contributed by atoms with Crippen LogP contribution >= 0.6 is 11.6 Å². The van der Waals surface area contributed by atoms with Crippen LogP contribution in [0.5, 0.6) is 0 Å². The number of benzene rings is 1. The summed E-state index contributed by atoms with van der Waals surface area (Å²) in [6.07, 6.45) is 5.31. The second-order valence-electron chi connectivity index (χ2n) is 4.97. The molecule has 3 rings (SSSR count). The highest BCUT2D eigenvalue weighted by Gasteiger charge is 2.47. The number of amides is 2. The Morgan fingerprint density at radius 2 is 1.85 bits per heavy atom. The van der Waals surface area contributed by atoms with Gasteiger partial charge >= 0.3 is 0 Å². The lowest BCUT2D eigenvalue weighted by molar-refractivity contribution is -0.122. The maximum Gasteiger partial charge on any atom is 0.252 e. The van der Waals surface area contributed by atoms with Gasteiger partial charge in [0.2, 0.25) is 11.8 Å². The first kappa shape index (κ1) is 13.1.